The first kappa shape index (κ1) is 25.4. The molecule has 0 N–H and O–H groups in total. The Morgan fingerprint density at radius 1 is 0.906 bits per heavy atom. The van der Waals surface area contributed by atoms with Gasteiger partial charge in [0.1, 0.15) is 0 Å². The van der Waals surface area contributed by atoms with Gasteiger partial charge in [-0.1, -0.05) is 60.2 Å². The first-order valence-electron chi connectivity index (χ1n) is 10.2. The molecule has 0 aliphatic carbocycles. The van der Waals surface area contributed by atoms with Crippen molar-refractivity contribution in [1.82, 2.24) is 0 Å². The van der Waals surface area contributed by atoms with Gasteiger partial charge in [0.25, 0.3) is 5.60 Å². The first-order chi connectivity index (χ1) is 15.1. The van der Waals surface area contributed by atoms with E-state index >= 15 is 0 Å². The van der Waals surface area contributed by atoms with Gasteiger partial charge in [0, 0.05) is 19.6 Å². The van der Waals surface area contributed by atoms with Crippen LogP contribution >= 0.6 is 0 Å². The van der Waals surface area contributed by atoms with Crippen molar-refractivity contribution in [3.63, 3.8) is 0 Å². The largest absolute Gasteiger partial charge is 0.466 e. The highest BCUT2D eigenvalue weighted by Gasteiger charge is 2.64. The predicted molar refractivity (Wildman–Crippen MR) is 112 cm³/mol. The summed E-state index contributed by atoms with van der Waals surface area (Å²) in [4.78, 5) is 23.7. The second-order valence-electron chi connectivity index (χ2n) is 7.41. The van der Waals surface area contributed by atoms with E-state index in [-0.39, 0.29) is 31.1 Å². The number of carbonyl (C=O) groups is 2. The molecule has 0 saturated carbocycles. The zero-order chi connectivity index (χ0) is 23.8. The normalized spacial score (nSPS) is 14.3. The van der Waals surface area contributed by atoms with Crippen LogP contribution in [0.2, 0.25) is 0 Å². The van der Waals surface area contributed by atoms with Gasteiger partial charge in [-0.2, -0.15) is 13.2 Å². The monoisotopic (exact) mass is 452 g/mol. The van der Waals surface area contributed by atoms with Crippen molar-refractivity contribution >= 4 is 11.9 Å². The molecule has 2 atom stereocenters. The van der Waals surface area contributed by atoms with Gasteiger partial charge in [0.05, 0.1) is 13.2 Å². The summed E-state index contributed by atoms with van der Waals surface area (Å²) < 4.78 is 56.7. The number of hydrogen-bond acceptors (Lipinski definition) is 5. The average molecular weight is 452 g/mol. The lowest BCUT2D eigenvalue weighted by atomic mass is 9.91. The van der Waals surface area contributed by atoms with Crippen molar-refractivity contribution in [3.05, 3.63) is 71.3 Å². The van der Waals surface area contributed by atoms with Crippen LogP contribution in [0, 0.1) is 6.92 Å². The number of esters is 2. The van der Waals surface area contributed by atoms with Gasteiger partial charge in [-0.05, 0) is 31.2 Å². The number of benzene rings is 2. The first-order valence-corrected chi connectivity index (χ1v) is 10.2. The number of rotatable bonds is 10. The molecule has 0 bridgehead atoms. The van der Waals surface area contributed by atoms with Gasteiger partial charge in [0.2, 0.25) is 0 Å². The van der Waals surface area contributed by atoms with Gasteiger partial charge in [0.15, 0.2) is 0 Å². The molecule has 0 heterocycles. The summed E-state index contributed by atoms with van der Waals surface area (Å²) in [7, 11) is 0.829. The van der Waals surface area contributed by atoms with E-state index in [4.69, 9.17) is 14.2 Å². The van der Waals surface area contributed by atoms with Crippen LogP contribution in [0.1, 0.15) is 42.4 Å². The molecule has 32 heavy (non-hydrogen) atoms. The summed E-state index contributed by atoms with van der Waals surface area (Å²) in [6.45, 7) is 3.13. The molecular weight excluding hydrogens is 425 g/mol. The number of halogens is 3. The third-order valence-corrected chi connectivity index (χ3v) is 5.19. The number of alkyl halides is 3. The maximum absolute atomic E-state index is 14.0. The lowest BCUT2D eigenvalue weighted by Crippen LogP contribution is -2.51. The molecule has 2 rings (SSSR count). The molecular formula is C24H27F3O5. The van der Waals surface area contributed by atoms with E-state index in [0.717, 1.165) is 18.2 Å². The molecule has 0 unspecified atom stereocenters. The molecule has 2 aromatic carbocycles. The van der Waals surface area contributed by atoms with Crippen molar-refractivity contribution in [1.29, 1.82) is 0 Å². The van der Waals surface area contributed by atoms with E-state index in [9.17, 15) is 22.8 Å². The molecule has 2 aromatic rings. The summed E-state index contributed by atoms with van der Waals surface area (Å²) in [5.41, 5.74) is -1.61. The predicted octanol–water partition coefficient (Wildman–Crippen LogP) is 5.07. The Morgan fingerprint density at radius 3 is 1.97 bits per heavy atom. The fourth-order valence-corrected chi connectivity index (χ4v) is 3.44. The van der Waals surface area contributed by atoms with E-state index < -0.39 is 23.7 Å². The third-order valence-electron chi connectivity index (χ3n) is 5.19. The number of methoxy groups -OCH3 is 1. The molecule has 0 amide bonds. The van der Waals surface area contributed by atoms with Crippen LogP contribution in [0.15, 0.2) is 54.6 Å². The summed E-state index contributed by atoms with van der Waals surface area (Å²) >= 11 is 0. The average Bonchev–Trinajstić information content (AvgIpc) is 2.74. The number of aryl methyl sites for hydroxylation is 1. The van der Waals surface area contributed by atoms with Crippen LogP contribution in [0.4, 0.5) is 13.2 Å². The molecule has 0 saturated heterocycles. The van der Waals surface area contributed by atoms with Crippen LogP contribution in [0.25, 0.3) is 0 Å². The number of hydrogen-bond donors (Lipinski definition) is 0. The highest BCUT2D eigenvalue weighted by atomic mass is 19.4. The SMILES string of the molecule is CO[C@](C(=O)OCC[C@@H](CCOC(C)=O)c1ccc(C)cc1)(c1ccccc1)C(F)(F)F. The van der Waals surface area contributed by atoms with E-state index in [2.05, 4.69) is 0 Å². The van der Waals surface area contributed by atoms with Crippen LogP contribution in [0.3, 0.4) is 0 Å². The molecule has 8 heteroatoms. The van der Waals surface area contributed by atoms with E-state index in [1.165, 1.54) is 31.2 Å². The summed E-state index contributed by atoms with van der Waals surface area (Å²) in [5, 5.41) is 0. The second-order valence-corrected chi connectivity index (χ2v) is 7.41. The van der Waals surface area contributed by atoms with Crippen LogP contribution in [0.5, 0.6) is 0 Å². The van der Waals surface area contributed by atoms with Crippen molar-refractivity contribution in [2.24, 2.45) is 0 Å². The van der Waals surface area contributed by atoms with Crippen LogP contribution in [-0.4, -0.2) is 38.4 Å². The Balaban J connectivity index is 2.15. The molecule has 0 spiro atoms. The van der Waals surface area contributed by atoms with Crippen molar-refractivity contribution < 1.29 is 37.0 Å². The minimum Gasteiger partial charge on any atom is -0.466 e. The van der Waals surface area contributed by atoms with Crippen molar-refractivity contribution in [3.8, 4) is 0 Å². The van der Waals surface area contributed by atoms with Crippen molar-refractivity contribution in [2.75, 3.05) is 20.3 Å². The fourth-order valence-electron chi connectivity index (χ4n) is 3.44. The Morgan fingerprint density at radius 2 is 1.47 bits per heavy atom. The number of carbonyl (C=O) groups excluding carboxylic acids is 2. The molecule has 0 aliphatic rings. The Kier molecular flexibility index (Phi) is 8.83. The standard InChI is InChI=1S/C24H27F3O5/c1-17-9-11-19(12-10-17)20(13-15-31-18(2)28)14-16-32-22(29)23(30-3,24(25,26)27)21-7-5-4-6-8-21/h4-12,20H,13-16H2,1-3H3/t20-,23+/m1/s1. The van der Waals surface area contributed by atoms with E-state index in [1.54, 1.807) is 6.07 Å². The Labute approximate surface area is 185 Å². The van der Waals surface area contributed by atoms with Crippen molar-refractivity contribution in [2.45, 2.75) is 44.4 Å². The molecule has 5 nitrogen and oxygen atoms in total. The van der Waals surface area contributed by atoms with Crippen LogP contribution < -0.4 is 0 Å². The molecule has 0 aromatic heterocycles. The Bertz CT molecular complexity index is 881. The molecule has 0 radical (unpaired) electrons. The highest BCUT2D eigenvalue weighted by molar-refractivity contribution is 5.82. The second kappa shape index (κ2) is 11.1. The molecule has 174 valence electrons. The fraction of sp³-hybridized carbons (Fsp3) is 0.417. The van der Waals surface area contributed by atoms with E-state index in [0.29, 0.717) is 6.42 Å². The zero-order valence-corrected chi connectivity index (χ0v) is 18.3. The quantitative estimate of drug-likeness (QED) is 0.471. The van der Waals surface area contributed by atoms with Gasteiger partial charge in [-0.15, -0.1) is 0 Å². The summed E-state index contributed by atoms with van der Waals surface area (Å²) in [6.07, 6.45) is -4.33. The topological polar surface area (TPSA) is 61.8 Å². The summed E-state index contributed by atoms with van der Waals surface area (Å²) in [6, 6.07) is 14.3. The maximum Gasteiger partial charge on any atom is 0.432 e. The van der Waals surface area contributed by atoms with Gasteiger partial charge in [-0.3, -0.25) is 4.79 Å². The molecule has 0 fully saturated rings. The van der Waals surface area contributed by atoms with Gasteiger partial charge < -0.3 is 14.2 Å². The lowest BCUT2D eigenvalue weighted by molar-refractivity contribution is -0.276. The lowest BCUT2D eigenvalue weighted by Gasteiger charge is -2.32. The van der Waals surface area contributed by atoms with Crippen LogP contribution in [-0.2, 0) is 29.4 Å². The maximum atomic E-state index is 14.0. The minimum absolute atomic E-state index is 0.149. The highest BCUT2D eigenvalue weighted by Crippen LogP contribution is 2.43. The van der Waals surface area contributed by atoms with Gasteiger partial charge >= 0.3 is 18.1 Å². The smallest absolute Gasteiger partial charge is 0.432 e. The molecule has 0 aliphatic heterocycles. The summed E-state index contributed by atoms with van der Waals surface area (Å²) in [5.74, 6) is -2.12. The Hall–Kier alpha value is -2.87. The third kappa shape index (κ3) is 6.09. The number of ether oxygens (including phenoxy) is 3. The minimum atomic E-state index is -5.02. The zero-order valence-electron chi connectivity index (χ0n) is 18.3. The van der Waals surface area contributed by atoms with Gasteiger partial charge in [-0.25, -0.2) is 4.79 Å². The van der Waals surface area contributed by atoms with E-state index in [1.807, 2.05) is 31.2 Å².